The molecule has 20 heavy (non-hydrogen) atoms. The van der Waals surface area contributed by atoms with E-state index in [0.717, 1.165) is 19.4 Å². The molecule has 1 aliphatic carbocycles. The Morgan fingerprint density at radius 3 is 2.85 bits per heavy atom. The van der Waals surface area contributed by atoms with Gasteiger partial charge in [-0.2, -0.15) is 0 Å². The molecule has 0 radical (unpaired) electrons. The molecular formula is C15H24N4O. The summed E-state index contributed by atoms with van der Waals surface area (Å²) in [5, 5.41) is 0. The van der Waals surface area contributed by atoms with Crippen LogP contribution in [0.1, 0.15) is 43.0 Å². The minimum Gasteiger partial charge on any atom is -0.365 e. The van der Waals surface area contributed by atoms with E-state index >= 15 is 0 Å². The van der Waals surface area contributed by atoms with E-state index in [1.807, 2.05) is 0 Å². The highest BCUT2D eigenvalue weighted by molar-refractivity contribution is 5.97. The van der Waals surface area contributed by atoms with Gasteiger partial charge in [0.15, 0.2) is 0 Å². The Morgan fingerprint density at radius 2 is 2.20 bits per heavy atom. The molecule has 2 unspecified atom stereocenters. The van der Waals surface area contributed by atoms with Crippen LogP contribution in [0.2, 0.25) is 0 Å². The molecule has 0 saturated heterocycles. The van der Waals surface area contributed by atoms with Gasteiger partial charge in [0.2, 0.25) is 0 Å². The summed E-state index contributed by atoms with van der Waals surface area (Å²) in [5.41, 5.74) is 11.9. The first-order valence-electron chi connectivity index (χ1n) is 7.40. The summed E-state index contributed by atoms with van der Waals surface area (Å²) in [6.07, 6.45) is 6.41. The SMILES string of the molecule is CCN(c1ncccc1C(N)=O)C1CCCCC1CN. The van der Waals surface area contributed by atoms with Crippen LogP contribution >= 0.6 is 0 Å². The van der Waals surface area contributed by atoms with Crippen LogP contribution in [0, 0.1) is 5.92 Å². The van der Waals surface area contributed by atoms with E-state index in [4.69, 9.17) is 11.5 Å². The van der Waals surface area contributed by atoms with Crippen molar-refractivity contribution in [3.8, 4) is 0 Å². The summed E-state index contributed by atoms with van der Waals surface area (Å²) >= 11 is 0. The summed E-state index contributed by atoms with van der Waals surface area (Å²) in [7, 11) is 0. The molecule has 2 atom stereocenters. The van der Waals surface area contributed by atoms with Gasteiger partial charge >= 0.3 is 0 Å². The van der Waals surface area contributed by atoms with E-state index in [1.54, 1.807) is 18.3 Å². The highest BCUT2D eigenvalue weighted by Gasteiger charge is 2.30. The third-order valence-corrected chi connectivity index (χ3v) is 4.24. The van der Waals surface area contributed by atoms with Gasteiger partial charge in [0.25, 0.3) is 5.91 Å². The van der Waals surface area contributed by atoms with Crippen molar-refractivity contribution < 1.29 is 4.79 Å². The van der Waals surface area contributed by atoms with Crippen molar-refractivity contribution >= 4 is 11.7 Å². The number of amides is 1. The Hall–Kier alpha value is -1.62. The standard InChI is InChI=1S/C15H24N4O/c1-2-19(13-8-4-3-6-11(13)10-16)15-12(14(17)20)7-5-9-18-15/h5,7,9,11,13H,2-4,6,8,10,16H2,1H3,(H2,17,20). The fourth-order valence-corrected chi connectivity index (χ4v) is 3.23. The largest absolute Gasteiger partial charge is 0.365 e. The maximum absolute atomic E-state index is 11.6. The highest BCUT2D eigenvalue weighted by atomic mass is 16.1. The molecule has 2 rings (SSSR count). The Balaban J connectivity index is 2.34. The van der Waals surface area contributed by atoms with Crippen LogP contribution in [0.25, 0.3) is 0 Å². The fraction of sp³-hybridized carbons (Fsp3) is 0.600. The Kier molecular flexibility index (Phi) is 4.95. The van der Waals surface area contributed by atoms with Crippen LogP contribution in [-0.4, -0.2) is 30.0 Å². The maximum atomic E-state index is 11.6. The van der Waals surface area contributed by atoms with Crippen LogP contribution in [-0.2, 0) is 0 Å². The zero-order valence-electron chi connectivity index (χ0n) is 12.1. The van der Waals surface area contributed by atoms with Gasteiger partial charge in [-0.1, -0.05) is 12.8 Å². The van der Waals surface area contributed by atoms with Crippen LogP contribution in [0.15, 0.2) is 18.3 Å². The molecule has 1 aliphatic rings. The molecule has 0 aliphatic heterocycles. The van der Waals surface area contributed by atoms with Crippen molar-refractivity contribution in [3.63, 3.8) is 0 Å². The first-order chi connectivity index (χ1) is 9.69. The first kappa shape index (κ1) is 14.8. The summed E-state index contributed by atoms with van der Waals surface area (Å²) in [5.74, 6) is 0.742. The lowest BCUT2D eigenvalue weighted by atomic mass is 9.83. The molecule has 0 bridgehead atoms. The minimum atomic E-state index is -0.424. The third kappa shape index (κ3) is 2.93. The van der Waals surface area contributed by atoms with Gasteiger partial charge in [-0.15, -0.1) is 0 Å². The van der Waals surface area contributed by atoms with E-state index in [0.29, 0.717) is 29.9 Å². The fourth-order valence-electron chi connectivity index (χ4n) is 3.23. The Bertz CT molecular complexity index is 463. The van der Waals surface area contributed by atoms with Crippen molar-refractivity contribution in [1.82, 2.24) is 4.98 Å². The van der Waals surface area contributed by atoms with Gasteiger partial charge in [0.1, 0.15) is 5.82 Å². The van der Waals surface area contributed by atoms with E-state index < -0.39 is 5.91 Å². The van der Waals surface area contributed by atoms with Crippen LogP contribution in [0.5, 0.6) is 0 Å². The Morgan fingerprint density at radius 1 is 1.45 bits per heavy atom. The van der Waals surface area contributed by atoms with E-state index in [1.165, 1.54) is 12.8 Å². The summed E-state index contributed by atoms with van der Waals surface area (Å²) in [6.45, 7) is 3.57. The number of hydrogen-bond acceptors (Lipinski definition) is 4. The molecule has 1 heterocycles. The van der Waals surface area contributed by atoms with Gasteiger partial charge in [-0.3, -0.25) is 4.79 Å². The second kappa shape index (κ2) is 6.70. The van der Waals surface area contributed by atoms with Gasteiger partial charge in [0, 0.05) is 18.8 Å². The predicted octanol–water partition coefficient (Wildman–Crippen LogP) is 1.52. The number of primary amides is 1. The molecule has 5 nitrogen and oxygen atoms in total. The van der Waals surface area contributed by atoms with Crippen molar-refractivity contribution in [2.24, 2.45) is 17.4 Å². The minimum absolute atomic E-state index is 0.353. The lowest BCUT2D eigenvalue weighted by Gasteiger charge is -2.40. The number of aromatic nitrogens is 1. The van der Waals surface area contributed by atoms with Crippen LogP contribution in [0.4, 0.5) is 5.82 Å². The number of hydrogen-bond donors (Lipinski definition) is 2. The highest BCUT2D eigenvalue weighted by Crippen LogP contribution is 2.31. The van der Waals surface area contributed by atoms with Gasteiger partial charge in [-0.25, -0.2) is 4.98 Å². The van der Waals surface area contributed by atoms with Gasteiger partial charge < -0.3 is 16.4 Å². The first-order valence-corrected chi connectivity index (χ1v) is 7.40. The number of carbonyl (C=O) groups is 1. The van der Waals surface area contributed by atoms with E-state index in [9.17, 15) is 4.79 Å². The van der Waals surface area contributed by atoms with Crippen LogP contribution in [0.3, 0.4) is 0 Å². The second-order valence-electron chi connectivity index (χ2n) is 5.37. The molecule has 1 fully saturated rings. The third-order valence-electron chi connectivity index (χ3n) is 4.24. The van der Waals surface area contributed by atoms with E-state index in [2.05, 4.69) is 16.8 Å². The second-order valence-corrected chi connectivity index (χ2v) is 5.37. The number of nitrogens with zero attached hydrogens (tertiary/aromatic N) is 2. The normalized spacial score (nSPS) is 22.5. The van der Waals surface area contributed by atoms with Crippen molar-refractivity contribution in [1.29, 1.82) is 0 Å². The quantitative estimate of drug-likeness (QED) is 0.854. The molecule has 110 valence electrons. The molecule has 4 N–H and O–H groups in total. The van der Waals surface area contributed by atoms with E-state index in [-0.39, 0.29) is 0 Å². The lowest BCUT2D eigenvalue weighted by Crippen LogP contribution is -2.46. The number of rotatable bonds is 5. The topological polar surface area (TPSA) is 85.2 Å². The Labute approximate surface area is 120 Å². The number of pyridine rings is 1. The molecule has 1 saturated carbocycles. The summed E-state index contributed by atoms with van der Waals surface area (Å²) in [6, 6.07) is 3.85. The number of carbonyl (C=O) groups excluding carboxylic acids is 1. The molecule has 1 aromatic rings. The van der Waals surface area contributed by atoms with Gasteiger partial charge in [0.05, 0.1) is 5.56 Å². The summed E-state index contributed by atoms with van der Waals surface area (Å²) in [4.78, 5) is 18.2. The molecule has 0 spiro atoms. The molecule has 1 aromatic heterocycles. The van der Waals surface area contributed by atoms with Crippen molar-refractivity contribution in [3.05, 3.63) is 23.9 Å². The monoisotopic (exact) mass is 276 g/mol. The van der Waals surface area contributed by atoms with Crippen molar-refractivity contribution in [2.45, 2.75) is 38.6 Å². The van der Waals surface area contributed by atoms with Gasteiger partial charge in [-0.05, 0) is 44.4 Å². The maximum Gasteiger partial charge on any atom is 0.252 e. The zero-order chi connectivity index (χ0) is 14.5. The lowest BCUT2D eigenvalue weighted by molar-refractivity contribution is 0.1000. The smallest absolute Gasteiger partial charge is 0.252 e. The molecular weight excluding hydrogens is 252 g/mol. The predicted molar refractivity (Wildman–Crippen MR) is 80.6 cm³/mol. The van der Waals surface area contributed by atoms with Crippen molar-refractivity contribution in [2.75, 3.05) is 18.0 Å². The molecule has 5 heteroatoms. The average molecular weight is 276 g/mol. The molecule has 0 aromatic carbocycles. The van der Waals surface area contributed by atoms with Crippen LogP contribution < -0.4 is 16.4 Å². The number of nitrogens with two attached hydrogens (primary N) is 2. The average Bonchev–Trinajstić information content (AvgIpc) is 2.49. The summed E-state index contributed by atoms with van der Waals surface area (Å²) < 4.78 is 0. The zero-order valence-corrected chi connectivity index (χ0v) is 12.1. The number of anilines is 1. The molecule has 1 amide bonds.